The molecule has 0 aromatic carbocycles. The highest BCUT2D eigenvalue weighted by Gasteiger charge is 2.21. The van der Waals surface area contributed by atoms with Crippen molar-refractivity contribution in [2.45, 2.75) is 71.3 Å². The van der Waals surface area contributed by atoms with Crippen LogP contribution in [0.25, 0.3) is 4.96 Å². The molecule has 2 heterocycles. The van der Waals surface area contributed by atoms with Gasteiger partial charge >= 0.3 is 0 Å². The van der Waals surface area contributed by atoms with Gasteiger partial charge < -0.3 is 5.32 Å². The Kier molecular flexibility index (Phi) is 5.30. The van der Waals surface area contributed by atoms with Crippen LogP contribution in [0.3, 0.4) is 0 Å². The summed E-state index contributed by atoms with van der Waals surface area (Å²) < 4.78 is 1.42. The number of fused-ring (bicyclic) bond motifs is 1. The first-order valence-corrected chi connectivity index (χ1v) is 9.67. The minimum Gasteiger partial charge on any atom is -0.357 e. The number of anilines is 1. The SMILES string of the molecule is CCCCC1CCC(Nc2nn3c(=O)cc(CC)nc3s2)CC1. The average Bonchev–Trinajstić information content (AvgIpc) is 2.97. The molecule has 0 atom stereocenters. The molecule has 0 amide bonds. The molecule has 0 aliphatic heterocycles. The van der Waals surface area contributed by atoms with Crippen molar-refractivity contribution in [1.29, 1.82) is 0 Å². The van der Waals surface area contributed by atoms with Crippen LogP contribution in [0.1, 0.15) is 64.5 Å². The lowest BCUT2D eigenvalue weighted by Gasteiger charge is -2.28. The highest BCUT2D eigenvalue weighted by Crippen LogP contribution is 2.30. The van der Waals surface area contributed by atoms with Gasteiger partial charge in [-0.3, -0.25) is 4.79 Å². The Balaban J connectivity index is 1.64. The Morgan fingerprint density at radius 1 is 1.30 bits per heavy atom. The van der Waals surface area contributed by atoms with Gasteiger partial charge in [0.15, 0.2) is 0 Å². The molecule has 2 aromatic rings. The number of rotatable bonds is 6. The van der Waals surface area contributed by atoms with Gasteiger partial charge in [0.2, 0.25) is 10.1 Å². The van der Waals surface area contributed by atoms with Gasteiger partial charge in [0, 0.05) is 17.8 Å². The Bertz CT molecular complexity index is 700. The lowest BCUT2D eigenvalue weighted by molar-refractivity contribution is 0.314. The van der Waals surface area contributed by atoms with Crippen molar-refractivity contribution in [1.82, 2.24) is 14.6 Å². The highest BCUT2D eigenvalue weighted by molar-refractivity contribution is 7.20. The molecule has 1 N–H and O–H groups in total. The summed E-state index contributed by atoms with van der Waals surface area (Å²) in [5.74, 6) is 0.903. The van der Waals surface area contributed by atoms with E-state index in [1.54, 1.807) is 6.07 Å². The van der Waals surface area contributed by atoms with Crippen LogP contribution in [0, 0.1) is 5.92 Å². The molecule has 1 aliphatic carbocycles. The van der Waals surface area contributed by atoms with Crippen LogP contribution in [0.5, 0.6) is 0 Å². The van der Waals surface area contributed by atoms with Crippen molar-refractivity contribution in [3.8, 4) is 0 Å². The number of nitrogens with zero attached hydrogens (tertiary/aromatic N) is 3. The van der Waals surface area contributed by atoms with E-state index in [9.17, 15) is 4.79 Å². The van der Waals surface area contributed by atoms with E-state index < -0.39 is 0 Å². The first-order chi connectivity index (χ1) is 11.2. The maximum absolute atomic E-state index is 12.0. The van der Waals surface area contributed by atoms with E-state index in [0.717, 1.165) is 23.2 Å². The molecule has 1 aliphatic rings. The summed E-state index contributed by atoms with van der Waals surface area (Å²) in [6.07, 6.45) is 9.82. The second-order valence-electron chi connectivity index (χ2n) is 6.55. The van der Waals surface area contributed by atoms with E-state index in [1.165, 1.54) is 60.8 Å². The van der Waals surface area contributed by atoms with Gasteiger partial charge in [-0.2, -0.15) is 4.52 Å². The second kappa shape index (κ2) is 7.43. The standard InChI is InChI=1S/C17H26N4OS/c1-3-5-6-12-7-9-14(10-8-12)18-16-20-21-15(22)11-13(4-2)19-17(21)23-16/h11-12,14H,3-10H2,1-2H3,(H,18,20). The highest BCUT2D eigenvalue weighted by atomic mass is 32.1. The molecule has 0 spiro atoms. The monoisotopic (exact) mass is 334 g/mol. The van der Waals surface area contributed by atoms with Crippen LogP contribution in [0.15, 0.2) is 10.9 Å². The second-order valence-corrected chi connectivity index (χ2v) is 7.50. The molecular weight excluding hydrogens is 308 g/mol. The molecule has 0 unspecified atom stereocenters. The van der Waals surface area contributed by atoms with Crippen LogP contribution in [0.4, 0.5) is 5.13 Å². The Hall–Kier alpha value is -1.43. The van der Waals surface area contributed by atoms with Crippen molar-refractivity contribution >= 4 is 21.4 Å². The van der Waals surface area contributed by atoms with E-state index in [-0.39, 0.29) is 5.56 Å². The molecule has 3 rings (SSSR count). The smallest absolute Gasteiger partial charge is 0.275 e. The topological polar surface area (TPSA) is 59.3 Å². The lowest BCUT2D eigenvalue weighted by atomic mass is 9.83. The predicted molar refractivity (Wildman–Crippen MR) is 95.4 cm³/mol. The number of hydrogen-bond acceptors (Lipinski definition) is 5. The maximum atomic E-state index is 12.0. The van der Waals surface area contributed by atoms with E-state index in [4.69, 9.17) is 0 Å². The predicted octanol–water partition coefficient (Wildman–Crippen LogP) is 3.87. The average molecular weight is 334 g/mol. The third-order valence-corrected chi connectivity index (χ3v) is 5.64. The van der Waals surface area contributed by atoms with Crippen LogP contribution in [-0.2, 0) is 6.42 Å². The zero-order valence-electron chi connectivity index (χ0n) is 14.0. The van der Waals surface area contributed by atoms with Crippen molar-refractivity contribution in [2.75, 3.05) is 5.32 Å². The molecule has 23 heavy (non-hydrogen) atoms. The largest absolute Gasteiger partial charge is 0.357 e. The van der Waals surface area contributed by atoms with Crippen LogP contribution in [0.2, 0.25) is 0 Å². The molecule has 1 fully saturated rings. The maximum Gasteiger partial charge on any atom is 0.275 e. The fourth-order valence-electron chi connectivity index (χ4n) is 3.36. The van der Waals surface area contributed by atoms with Gasteiger partial charge in [-0.15, -0.1) is 5.10 Å². The summed E-state index contributed by atoms with van der Waals surface area (Å²) in [5, 5.41) is 8.74. The fraction of sp³-hybridized carbons (Fsp3) is 0.706. The van der Waals surface area contributed by atoms with Gasteiger partial charge in [0.25, 0.3) is 5.56 Å². The first kappa shape index (κ1) is 16.4. The molecule has 0 bridgehead atoms. The summed E-state index contributed by atoms with van der Waals surface area (Å²) >= 11 is 1.48. The molecule has 2 aromatic heterocycles. The quantitative estimate of drug-likeness (QED) is 0.871. The fourth-order valence-corrected chi connectivity index (χ4v) is 4.26. The third-order valence-electron chi connectivity index (χ3n) is 4.80. The van der Waals surface area contributed by atoms with E-state index in [0.29, 0.717) is 11.0 Å². The molecule has 6 heteroatoms. The van der Waals surface area contributed by atoms with Crippen molar-refractivity contribution in [2.24, 2.45) is 5.92 Å². The van der Waals surface area contributed by atoms with E-state index in [2.05, 4.69) is 22.3 Å². The van der Waals surface area contributed by atoms with Gasteiger partial charge in [0.05, 0.1) is 0 Å². The summed E-state index contributed by atoms with van der Waals surface area (Å²) in [6, 6.07) is 2.06. The van der Waals surface area contributed by atoms with Crippen molar-refractivity contribution < 1.29 is 0 Å². The minimum absolute atomic E-state index is 0.0839. The summed E-state index contributed by atoms with van der Waals surface area (Å²) in [7, 11) is 0. The first-order valence-electron chi connectivity index (χ1n) is 8.86. The normalized spacial score (nSPS) is 21.7. The van der Waals surface area contributed by atoms with Crippen LogP contribution >= 0.6 is 11.3 Å². The minimum atomic E-state index is -0.0839. The number of unbranched alkanes of at least 4 members (excludes halogenated alkanes) is 1. The Morgan fingerprint density at radius 2 is 2.09 bits per heavy atom. The molecule has 0 saturated heterocycles. The van der Waals surface area contributed by atoms with Gasteiger partial charge in [-0.05, 0) is 38.0 Å². The lowest BCUT2D eigenvalue weighted by Crippen LogP contribution is -2.26. The summed E-state index contributed by atoms with van der Waals surface area (Å²) in [5.41, 5.74) is 0.751. The zero-order valence-corrected chi connectivity index (χ0v) is 14.9. The Morgan fingerprint density at radius 3 is 2.78 bits per heavy atom. The summed E-state index contributed by atoms with van der Waals surface area (Å²) in [4.78, 5) is 17.2. The number of hydrogen-bond donors (Lipinski definition) is 1. The van der Waals surface area contributed by atoms with Crippen molar-refractivity contribution in [3.63, 3.8) is 0 Å². The van der Waals surface area contributed by atoms with E-state index in [1.807, 2.05) is 6.92 Å². The van der Waals surface area contributed by atoms with Crippen LogP contribution in [-0.4, -0.2) is 20.6 Å². The zero-order chi connectivity index (χ0) is 16.2. The van der Waals surface area contributed by atoms with Gasteiger partial charge in [-0.1, -0.05) is 44.4 Å². The molecular formula is C17H26N4OS. The van der Waals surface area contributed by atoms with Gasteiger partial charge in [-0.25, -0.2) is 4.98 Å². The molecule has 126 valence electrons. The number of aryl methyl sites for hydroxylation is 1. The van der Waals surface area contributed by atoms with Crippen LogP contribution < -0.4 is 10.9 Å². The van der Waals surface area contributed by atoms with Gasteiger partial charge in [0.1, 0.15) is 0 Å². The molecule has 0 radical (unpaired) electrons. The number of nitrogens with one attached hydrogen (secondary N) is 1. The van der Waals surface area contributed by atoms with Crippen molar-refractivity contribution in [3.05, 3.63) is 22.1 Å². The molecule has 5 nitrogen and oxygen atoms in total. The third kappa shape index (κ3) is 3.91. The Labute approximate surface area is 141 Å². The summed E-state index contributed by atoms with van der Waals surface area (Å²) in [6.45, 7) is 4.27. The number of aromatic nitrogens is 3. The van der Waals surface area contributed by atoms with E-state index >= 15 is 0 Å². The molecule has 1 saturated carbocycles.